The Labute approximate surface area is 194 Å². The third kappa shape index (κ3) is 8.46. The lowest BCUT2D eigenvalue weighted by Crippen LogP contribution is -2.41. The van der Waals surface area contributed by atoms with Crippen LogP contribution in [-0.4, -0.2) is 76.5 Å². The fourth-order valence-corrected chi connectivity index (χ4v) is 3.58. The summed E-state index contributed by atoms with van der Waals surface area (Å²) in [4.78, 5) is 23.0. The van der Waals surface area contributed by atoms with Crippen molar-refractivity contribution >= 4 is 11.6 Å². The maximum absolute atomic E-state index is 12.3. The Morgan fingerprint density at radius 3 is 2.76 bits per heavy atom. The monoisotopic (exact) mass is 460 g/mol. The molecule has 1 saturated heterocycles. The quantitative estimate of drug-likeness (QED) is 0.199. The maximum atomic E-state index is 12.3. The highest BCUT2D eigenvalue weighted by Crippen LogP contribution is 2.16. The van der Waals surface area contributed by atoms with Crippen LogP contribution in [0.5, 0.6) is 0 Å². The standard InChI is InChI=1S/C22H36N8O3/c23-6-1-7-26-21(31)17-2-8-25-20(16-17)27-19-5-11-30(22(32)28-19)13-15-33-14-12-29-9-3-18(24)4-10-29/h2,5,8,11,16,18,21,26,31H,1,3-4,6-7,9-10,12-15,23-24H2,(H,25,27,28,32). The van der Waals surface area contributed by atoms with Crippen LogP contribution in [0.15, 0.2) is 35.4 Å². The summed E-state index contributed by atoms with van der Waals surface area (Å²) >= 11 is 0. The first kappa shape index (κ1) is 25.2. The van der Waals surface area contributed by atoms with Crippen LogP contribution in [0.1, 0.15) is 31.1 Å². The number of nitrogens with two attached hydrogens (primary N) is 2. The first-order chi connectivity index (χ1) is 16.0. The van der Waals surface area contributed by atoms with E-state index in [9.17, 15) is 9.90 Å². The first-order valence-corrected chi connectivity index (χ1v) is 11.5. The summed E-state index contributed by atoms with van der Waals surface area (Å²) in [6, 6.07) is 5.46. The summed E-state index contributed by atoms with van der Waals surface area (Å²) in [6.45, 7) is 5.59. The molecular formula is C22H36N8O3. The second-order valence-corrected chi connectivity index (χ2v) is 8.18. The zero-order chi connectivity index (χ0) is 23.5. The molecule has 11 heteroatoms. The van der Waals surface area contributed by atoms with E-state index in [1.807, 2.05) is 0 Å². The lowest BCUT2D eigenvalue weighted by Gasteiger charge is -2.29. The molecule has 0 aliphatic carbocycles. The van der Waals surface area contributed by atoms with E-state index >= 15 is 0 Å². The van der Waals surface area contributed by atoms with Gasteiger partial charge in [-0.05, 0) is 63.6 Å². The van der Waals surface area contributed by atoms with Gasteiger partial charge in [0.1, 0.15) is 17.9 Å². The van der Waals surface area contributed by atoms with Gasteiger partial charge in [-0.15, -0.1) is 0 Å². The Morgan fingerprint density at radius 1 is 1.21 bits per heavy atom. The van der Waals surface area contributed by atoms with Gasteiger partial charge >= 0.3 is 5.69 Å². The molecule has 0 saturated carbocycles. The highest BCUT2D eigenvalue weighted by Gasteiger charge is 2.15. The molecule has 1 aliphatic rings. The van der Waals surface area contributed by atoms with E-state index < -0.39 is 6.23 Å². The lowest BCUT2D eigenvalue weighted by atomic mass is 10.1. The van der Waals surface area contributed by atoms with Crippen molar-refractivity contribution in [3.05, 3.63) is 46.6 Å². The van der Waals surface area contributed by atoms with E-state index in [2.05, 4.69) is 25.5 Å². The van der Waals surface area contributed by atoms with Gasteiger partial charge < -0.3 is 31.5 Å². The summed E-state index contributed by atoms with van der Waals surface area (Å²) in [7, 11) is 0. The SMILES string of the molecule is NCCCNC(O)c1ccnc(Nc2ccn(CCOCCN3CCC(N)CC3)c(=O)n2)c1. The summed E-state index contributed by atoms with van der Waals surface area (Å²) in [5.74, 6) is 0.870. The predicted octanol–water partition coefficient (Wildman–Crippen LogP) is -0.249. The molecule has 0 aromatic carbocycles. The van der Waals surface area contributed by atoms with Crippen LogP contribution >= 0.6 is 0 Å². The molecule has 1 atom stereocenters. The van der Waals surface area contributed by atoms with Crippen molar-refractivity contribution in [2.75, 3.05) is 51.3 Å². The number of likely N-dealkylation sites (tertiary alicyclic amines) is 1. The van der Waals surface area contributed by atoms with Gasteiger partial charge in [0.2, 0.25) is 0 Å². The van der Waals surface area contributed by atoms with Crippen LogP contribution in [0.25, 0.3) is 0 Å². The minimum absolute atomic E-state index is 0.328. The van der Waals surface area contributed by atoms with Crippen molar-refractivity contribution in [1.82, 2.24) is 24.8 Å². The van der Waals surface area contributed by atoms with Crippen molar-refractivity contribution in [2.45, 2.75) is 38.1 Å². The average Bonchev–Trinajstić information content (AvgIpc) is 2.81. The number of rotatable bonds is 13. The molecule has 2 aromatic heterocycles. The first-order valence-electron chi connectivity index (χ1n) is 11.5. The second kappa shape index (κ2) is 13.3. The number of nitrogens with zero attached hydrogens (tertiary/aromatic N) is 4. The molecule has 2 aromatic rings. The Kier molecular flexibility index (Phi) is 10.2. The maximum Gasteiger partial charge on any atom is 0.349 e. The van der Waals surface area contributed by atoms with E-state index in [1.165, 1.54) is 4.57 Å². The number of pyridine rings is 1. The Bertz CT molecular complexity index is 901. The fraction of sp³-hybridized carbons (Fsp3) is 0.591. The number of aliphatic hydroxyl groups excluding tert-OH is 1. The van der Waals surface area contributed by atoms with Gasteiger partial charge in [-0.3, -0.25) is 9.88 Å². The van der Waals surface area contributed by atoms with Crippen LogP contribution in [-0.2, 0) is 11.3 Å². The molecule has 11 nitrogen and oxygen atoms in total. The van der Waals surface area contributed by atoms with Gasteiger partial charge in [0.05, 0.1) is 19.8 Å². The van der Waals surface area contributed by atoms with E-state index in [1.54, 1.807) is 30.6 Å². The molecule has 33 heavy (non-hydrogen) atoms. The molecule has 0 bridgehead atoms. The summed E-state index contributed by atoms with van der Waals surface area (Å²) in [5.41, 5.74) is 11.7. The van der Waals surface area contributed by atoms with Gasteiger partial charge in [0.25, 0.3) is 0 Å². The zero-order valence-electron chi connectivity index (χ0n) is 19.0. The van der Waals surface area contributed by atoms with Crippen molar-refractivity contribution in [3.63, 3.8) is 0 Å². The zero-order valence-corrected chi connectivity index (χ0v) is 19.0. The lowest BCUT2D eigenvalue weighted by molar-refractivity contribution is 0.0886. The number of nitrogens with one attached hydrogen (secondary N) is 2. The molecule has 0 spiro atoms. The summed E-state index contributed by atoms with van der Waals surface area (Å²) in [5, 5.41) is 16.2. The molecule has 3 rings (SSSR count). The van der Waals surface area contributed by atoms with E-state index in [0.29, 0.717) is 56.1 Å². The van der Waals surface area contributed by atoms with Crippen LogP contribution in [0.3, 0.4) is 0 Å². The van der Waals surface area contributed by atoms with E-state index in [-0.39, 0.29) is 5.69 Å². The molecule has 3 heterocycles. The highest BCUT2D eigenvalue weighted by atomic mass is 16.5. The molecule has 7 N–H and O–H groups in total. The van der Waals surface area contributed by atoms with Crippen molar-refractivity contribution < 1.29 is 9.84 Å². The van der Waals surface area contributed by atoms with Gasteiger partial charge in [-0.2, -0.15) is 4.98 Å². The number of hydrogen-bond acceptors (Lipinski definition) is 10. The Hall–Kier alpha value is -2.41. The number of anilines is 2. The third-order valence-electron chi connectivity index (χ3n) is 5.61. The van der Waals surface area contributed by atoms with Crippen LogP contribution < -0.4 is 27.8 Å². The minimum atomic E-state index is -0.825. The second-order valence-electron chi connectivity index (χ2n) is 8.18. The number of aromatic nitrogens is 3. The van der Waals surface area contributed by atoms with Gasteiger partial charge in [0, 0.05) is 30.5 Å². The largest absolute Gasteiger partial charge is 0.378 e. The molecule has 182 valence electrons. The molecular weight excluding hydrogens is 424 g/mol. The number of ether oxygens (including phenoxy) is 1. The van der Waals surface area contributed by atoms with Gasteiger partial charge in [0.15, 0.2) is 0 Å². The Morgan fingerprint density at radius 2 is 2.00 bits per heavy atom. The predicted molar refractivity (Wildman–Crippen MR) is 127 cm³/mol. The van der Waals surface area contributed by atoms with Crippen molar-refractivity contribution in [2.24, 2.45) is 11.5 Å². The normalized spacial score (nSPS) is 16.1. The molecule has 0 amide bonds. The molecule has 1 unspecified atom stereocenters. The smallest absolute Gasteiger partial charge is 0.349 e. The van der Waals surface area contributed by atoms with Crippen LogP contribution in [0, 0.1) is 0 Å². The molecule has 1 fully saturated rings. The minimum Gasteiger partial charge on any atom is -0.378 e. The number of hydrogen-bond donors (Lipinski definition) is 5. The van der Waals surface area contributed by atoms with Crippen molar-refractivity contribution in [1.29, 1.82) is 0 Å². The topological polar surface area (TPSA) is 157 Å². The fourth-order valence-electron chi connectivity index (χ4n) is 3.58. The van der Waals surface area contributed by atoms with Crippen LogP contribution in [0.2, 0.25) is 0 Å². The van der Waals surface area contributed by atoms with Gasteiger partial charge in [-0.1, -0.05) is 0 Å². The average molecular weight is 461 g/mol. The Balaban J connectivity index is 1.43. The third-order valence-corrected chi connectivity index (χ3v) is 5.61. The van der Waals surface area contributed by atoms with E-state index in [4.69, 9.17) is 16.2 Å². The molecule has 1 aliphatic heterocycles. The van der Waals surface area contributed by atoms with E-state index in [0.717, 1.165) is 38.9 Å². The highest BCUT2D eigenvalue weighted by molar-refractivity contribution is 5.51. The van der Waals surface area contributed by atoms with Crippen LogP contribution in [0.4, 0.5) is 11.6 Å². The molecule has 0 radical (unpaired) electrons. The number of piperidine rings is 1. The summed E-state index contributed by atoms with van der Waals surface area (Å²) < 4.78 is 7.21. The van der Waals surface area contributed by atoms with Gasteiger partial charge in [-0.25, -0.2) is 9.78 Å². The summed E-state index contributed by atoms with van der Waals surface area (Å²) in [6.07, 6.45) is 5.28. The van der Waals surface area contributed by atoms with Crippen molar-refractivity contribution in [3.8, 4) is 0 Å². The number of aliphatic hydroxyl groups is 1.